The van der Waals surface area contributed by atoms with Crippen molar-refractivity contribution in [1.29, 1.82) is 0 Å². The first-order valence-electron chi connectivity index (χ1n) is 16.6. The van der Waals surface area contributed by atoms with E-state index in [0.29, 0.717) is 48.7 Å². The summed E-state index contributed by atoms with van der Waals surface area (Å²) in [5, 5.41) is 18.0. The Balaban J connectivity index is 1.57. The van der Waals surface area contributed by atoms with E-state index in [1.807, 2.05) is 78.6 Å². The lowest BCUT2D eigenvalue weighted by Crippen LogP contribution is -2.46. The third kappa shape index (κ3) is 7.63. The maximum absolute atomic E-state index is 14.6. The van der Waals surface area contributed by atoms with Gasteiger partial charge in [0.05, 0.1) is 23.9 Å². The molecule has 1 aliphatic heterocycles. The lowest BCUT2D eigenvalue weighted by molar-refractivity contribution is -0.114. The summed E-state index contributed by atoms with van der Waals surface area (Å²) in [6.45, 7) is 9.16. The molecular weight excluding hydrogens is 590 g/mol. The molecule has 1 atom stereocenters. The number of aryl methyl sites for hydroxylation is 1. The van der Waals surface area contributed by atoms with E-state index >= 15 is 0 Å². The molecule has 0 fully saturated rings. The summed E-state index contributed by atoms with van der Waals surface area (Å²) in [4.78, 5) is 43.4. The highest BCUT2D eigenvalue weighted by molar-refractivity contribution is 6.00. The largest absolute Gasteiger partial charge is 0.394 e. The number of aromatic nitrogens is 2. The van der Waals surface area contributed by atoms with Crippen molar-refractivity contribution < 1.29 is 19.5 Å². The molecule has 5 rings (SSSR count). The molecule has 2 N–H and O–H groups in total. The highest BCUT2D eigenvalue weighted by Gasteiger charge is 2.32. The number of aliphatic hydroxyl groups is 1. The highest BCUT2D eigenvalue weighted by Crippen LogP contribution is 2.31. The van der Waals surface area contributed by atoms with Crippen LogP contribution in [0.3, 0.4) is 0 Å². The molecule has 0 saturated carbocycles. The van der Waals surface area contributed by atoms with Crippen molar-refractivity contribution >= 4 is 23.4 Å². The smallest absolute Gasteiger partial charge is 0.274 e. The number of aliphatic hydroxyl groups excluding tert-OH is 1. The van der Waals surface area contributed by atoms with E-state index in [1.165, 1.54) is 6.92 Å². The van der Waals surface area contributed by atoms with Crippen molar-refractivity contribution in [2.45, 2.75) is 72.4 Å². The summed E-state index contributed by atoms with van der Waals surface area (Å²) in [6, 6.07) is 22.6. The molecule has 4 aromatic rings. The standard InChI is InChI=1S/C38H45N5O4/c1-5-7-19-41(20-8-6-2)38(47)35-21-26(3)43(40-35)36-18-15-30(28-13-16-32(17-14-28)39-27(4)45)23-34(36)37(46)42-24-31-12-10-9-11-29(31)22-33(42)25-44/h9-18,21,23,33,44H,5-8,19-20,22,24-25H2,1-4H3,(H,39,45)/t33-/m0/s1. The average molecular weight is 636 g/mol. The average Bonchev–Trinajstić information content (AvgIpc) is 3.48. The van der Waals surface area contributed by atoms with Gasteiger partial charge in [0.2, 0.25) is 5.91 Å². The van der Waals surface area contributed by atoms with Crippen LogP contribution < -0.4 is 5.32 Å². The first-order chi connectivity index (χ1) is 22.7. The molecule has 1 aromatic heterocycles. The van der Waals surface area contributed by atoms with E-state index in [9.17, 15) is 19.5 Å². The monoisotopic (exact) mass is 635 g/mol. The SMILES string of the molecule is CCCCN(CCCC)C(=O)c1cc(C)n(-c2ccc(-c3ccc(NC(C)=O)cc3)cc2C(=O)N2Cc3ccccc3C[C@H]2CO)n1. The maximum Gasteiger partial charge on any atom is 0.274 e. The zero-order valence-electron chi connectivity index (χ0n) is 27.8. The van der Waals surface area contributed by atoms with Crippen molar-refractivity contribution in [2.24, 2.45) is 0 Å². The quantitative estimate of drug-likeness (QED) is 0.187. The van der Waals surface area contributed by atoms with E-state index in [-0.39, 0.29) is 30.4 Å². The summed E-state index contributed by atoms with van der Waals surface area (Å²) < 4.78 is 1.69. The van der Waals surface area contributed by atoms with Gasteiger partial charge in [0.25, 0.3) is 11.8 Å². The topological polar surface area (TPSA) is 108 Å². The van der Waals surface area contributed by atoms with Crippen molar-refractivity contribution in [2.75, 3.05) is 25.0 Å². The van der Waals surface area contributed by atoms with Crippen LogP contribution in [0.2, 0.25) is 0 Å². The Kier molecular flexibility index (Phi) is 10.9. The third-order valence-corrected chi connectivity index (χ3v) is 8.78. The first kappa shape index (κ1) is 33.6. The molecule has 3 amide bonds. The predicted molar refractivity (Wildman–Crippen MR) is 185 cm³/mol. The molecule has 2 heterocycles. The predicted octanol–water partition coefficient (Wildman–Crippen LogP) is 6.41. The summed E-state index contributed by atoms with van der Waals surface area (Å²) in [5.74, 6) is -0.478. The number of anilines is 1. The number of amides is 3. The van der Waals surface area contributed by atoms with Gasteiger partial charge in [-0.25, -0.2) is 4.68 Å². The van der Waals surface area contributed by atoms with Crippen LogP contribution in [0.15, 0.2) is 72.8 Å². The van der Waals surface area contributed by atoms with Gasteiger partial charge in [0, 0.05) is 37.9 Å². The lowest BCUT2D eigenvalue weighted by atomic mass is 9.93. The Morgan fingerprint density at radius 1 is 0.915 bits per heavy atom. The fourth-order valence-corrected chi connectivity index (χ4v) is 6.16. The van der Waals surface area contributed by atoms with Crippen molar-refractivity contribution in [3.05, 3.63) is 101 Å². The van der Waals surface area contributed by atoms with Crippen LogP contribution >= 0.6 is 0 Å². The minimum atomic E-state index is -0.382. The Labute approximate surface area is 277 Å². The summed E-state index contributed by atoms with van der Waals surface area (Å²) >= 11 is 0. The Morgan fingerprint density at radius 3 is 2.21 bits per heavy atom. The second-order valence-electron chi connectivity index (χ2n) is 12.3. The van der Waals surface area contributed by atoms with Gasteiger partial charge in [-0.2, -0.15) is 5.10 Å². The van der Waals surface area contributed by atoms with Gasteiger partial charge in [-0.1, -0.05) is 69.2 Å². The Hall–Kier alpha value is -4.76. The molecular formula is C38H45N5O4. The van der Waals surface area contributed by atoms with E-state index < -0.39 is 0 Å². The molecule has 0 radical (unpaired) electrons. The van der Waals surface area contributed by atoms with Gasteiger partial charge in [-0.05, 0) is 78.8 Å². The van der Waals surface area contributed by atoms with Gasteiger partial charge >= 0.3 is 0 Å². The van der Waals surface area contributed by atoms with Crippen LogP contribution in [0, 0.1) is 6.92 Å². The second-order valence-corrected chi connectivity index (χ2v) is 12.3. The third-order valence-electron chi connectivity index (χ3n) is 8.78. The van der Waals surface area contributed by atoms with Crippen LogP contribution in [0.5, 0.6) is 0 Å². The number of nitrogens with one attached hydrogen (secondary N) is 1. The molecule has 246 valence electrons. The number of carbonyl (C=O) groups is 3. The number of rotatable bonds is 12. The number of unbranched alkanes of at least 4 members (excludes halogenated alkanes) is 2. The van der Waals surface area contributed by atoms with Crippen LogP contribution in [0.25, 0.3) is 16.8 Å². The Bertz CT molecular complexity index is 1720. The van der Waals surface area contributed by atoms with E-state index in [2.05, 4.69) is 19.2 Å². The minimum Gasteiger partial charge on any atom is -0.394 e. The van der Waals surface area contributed by atoms with E-state index in [1.54, 1.807) is 15.6 Å². The zero-order valence-corrected chi connectivity index (χ0v) is 27.8. The molecule has 0 spiro atoms. The van der Waals surface area contributed by atoms with Gasteiger partial charge in [0.1, 0.15) is 0 Å². The molecule has 9 nitrogen and oxygen atoms in total. The highest BCUT2D eigenvalue weighted by atomic mass is 16.3. The van der Waals surface area contributed by atoms with Gasteiger partial charge < -0.3 is 20.2 Å². The summed E-state index contributed by atoms with van der Waals surface area (Å²) in [6.07, 6.45) is 4.39. The molecule has 0 bridgehead atoms. The fraction of sp³-hybridized carbons (Fsp3) is 0.368. The van der Waals surface area contributed by atoms with Crippen LogP contribution in [-0.4, -0.2) is 68.1 Å². The van der Waals surface area contributed by atoms with E-state index in [0.717, 1.165) is 53.6 Å². The molecule has 47 heavy (non-hydrogen) atoms. The van der Waals surface area contributed by atoms with Crippen LogP contribution in [0.1, 0.15) is 84.1 Å². The molecule has 9 heteroatoms. The second kappa shape index (κ2) is 15.2. The molecule has 0 saturated heterocycles. The fourth-order valence-electron chi connectivity index (χ4n) is 6.16. The number of benzene rings is 3. The molecule has 3 aromatic carbocycles. The van der Waals surface area contributed by atoms with Gasteiger partial charge in [-0.3, -0.25) is 14.4 Å². The molecule has 1 aliphatic rings. The molecule has 0 aliphatic carbocycles. The maximum atomic E-state index is 14.6. The zero-order chi connectivity index (χ0) is 33.5. The minimum absolute atomic E-state index is 0.106. The number of hydrogen-bond acceptors (Lipinski definition) is 5. The van der Waals surface area contributed by atoms with Gasteiger partial charge in [0.15, 0.2) is 5.69 Å². The van der Waals surface area contributed by atoms with Crippen molar-refractivity contribution in [3.63, 3.8) is 0 Å². The normalized spacial score (nSPS) is 14.1. The van der Waals surface area contributed by atoms with Crippen LogP contribution in [0.4, 0.5) is 5.69 Å². The number of fused-ring (bicyclic) bond motifs is 1. The van der Waals surface area contributed by atoms with Crippen LogP contribution in [-0.2, 0) is 17.8 Å². The Morgan fingerprint density at radius 2 is 1.57 bits per heavy atom. The van der Waals surface area contributed by atoms with E-state index in [4.69, 9.17) is 5.10 Å². The number of carbonyl (C=O) groups excluding carboxylic acids is 3. The lowest BCUT2D eigenvalue weighted by Gasteiger charge is -2.36. The summed E-state index contributed by atoms with van der Waals surface area (Å²) in [5.41, 5.74) is 6.64. The number of nitrogens with zero attached hydrogens (tertiary/aromatic N) is 4. The van der Waals surface area contributed by atoms with Crippen molar-refractivity contribution in [3.8, 4) is 16.8 Å². The molecule has 0 unspecified atom stereocenters. The number of hydrogen-bond donors (Lipinski definition) is 2. The van der Waals surface area contributed by atoms with Gasteiger partial charge in [-0.15, -0.1) is 0 Å². The summed E-state index contributed by atoms with van der Waals surface area (Å²) in [7, 11) is 0. The first-order valence-corrected chi connectivity index (χ1v) is 16.6. The van der Waals surface area contributed by atoms with Crippen molar-refractivity contribution in [1.82, 2.24) is 19.6 Å².